The number of hydrogen-bond acceptors (Lipinski definition) is 5. The molecule has 7 nitrogen and oxygen atoms in total. The van der Waals surface area contributed by atoms with Crippen molar-refractivity contribution in [1.29, 1.82) is 5.26 Å². The van der Waals surface area contributed by atoms with Crippen LogP contribution >= 0.6 is 0 Å². The highest BCUT2D eigenvalue weighted by atomic mass is 32.2. The third-order valence-electron chi connectivity index (χ3n) is 4.10. The van der Waals surface area contributed by atoms with Gasteiger partial charge in [0.1, 0.15) is 17.7 Å². The van der Waals surface area contributed by atoms with Gasteiger partial charge in [-0.25, -0.2) is 21.9 Å². The summed E-state index contributed by atoms with van der Waals surface area (Å²) in [5, 5.41) is 12.8. The Morgan fingerprint density at radius 2 is 2.12 bits per heavy atom. The first-order valence-corrected chi connectivity index (χ1v) is 9.39. The third kappa shape index (κ3) is 3.46. The van der Waals surface area contributed by atoms with Gasteiger partial charge in [-0.05, 0) is 25.5 Å². The highest BCUT2D eigenvalue weighted by molar-refractivity contribution is 7.89. The van der Waals surface area contributed by atoms with E-state index in [-0.39, 0.29) is 5.56 Å². The van der Waals surface area contributed by atoms with Gasteiger partial charge in [0.25, 0.3) is 0 Å². The number of nitrogens with one attached hydrogen (secondary N) is 1. The van der Waals surface area contributed by atoms with Crippen LogP contribution in [0.25, 0.3) is 0 Å². The molecule has 1 saturated heterocycles. The normalized spacial score (nSPS) is 20.2. The van der Waals surface area contributed by atoms with Crippen molar-refractivity contribution in [1.82, 2.24) is 14.5 Å². The van der Waals surface area contributed by atoms with Gasteiger partial charge in [0.15, 0.2) is 4.90 Å². The highest BCUT2D eigenvalue weighted by Crippen LogP contribution is 2.31. The standard InChI is InChI=1S/C16H16F2N4O3S/c1-2-22-9-11(8-20-22)15-14(3-4-25-15)21-26(23,24)16-12(17)5-10(7-19)6-13(16)18/h5-6,8-9,14-15,21H,2-4H2,1H3/t14-,15+/m0/s1. The van der Waals surface area contributed by atoms with Crippen LogP contribution in [0.15, 0.2) is 29.4 Å². The third-order valence-corrected chi connectivity index (χ3v) is 5.64. The molecule has 1 fully saturated rings. The van der Waals surface area contributed by atoms with Crippen LogP contribution < -0.4 is 4.72 Å². The molecule has 138 valence electrons. The molecule has 0 bridgehead atoms. The lowest BCUT2D eigenvalue weighted by Crippen LogP contribution is -2.37. The molecule has 0 aliphatic carbocycles. The maximum absolute atomic E-state index is 14.1. The number of ether oxygens (including phenoxy) is 1. The fourth-order valence-electron chi connectivity index (χ4n) is 2.88. The molecule has 0 amide bonds. The zero-order valence-electron chi connectivity index (χ0n) is 13.8. The van der Waals surface area contributed by atoms with E-state index in [9.17, 15) is 17.2 Å². The minimum atomic E-state index is -4.49. The summed E-state index contributed by atoms with van der Waals surface area (Å²) in [5.74, 6) is -2.63. The van der Waals surface area contributed by atoms with Crippen molar-refractivity contribution < 1.29 is 21.9 Å². The van der Waals surface area contributed by atoms with Crippen molar-refractivity contribution in [2.24, 2.45) is 0 Å². The van der Waals surface area contributed by atoms with Crippen LogP contribution in [-0.2, 0) is 21.3 Å². The Morgan fingerprint density at radius 1 is 1.42 bits per heavy atom. The number of halogens is 2. The molecule has 1 N–H and O–H groups in total. The van der Waals surface area contributed by atoms with E-state index in [1.165, 1.54) is 0 Å². The fourth-order valence-corrected chi connectivity index (χ4v) is 4.27. The van der Waals surface area contributed by atoms with E-state index in [0.717, 1.165) is 0 Å². The topological polar surface area (TPSA) is 97.0 Å². The number of nitrogens with zero attached hydrogens (tertiary/aromatic N) is 3. The van der Waals surface area contributed by atoms with Gasteiger partial charge < -0.3 is 4.74 Å². The number of aryl methyl sites for hydroxylation is 1. The van der Waals surface area contributed by atoms with Gasteiger partial charge in [-0.2, -0.15) is 10.4 Å². The van der Waals surface area contributed by atoms with Gasteiger partial charge in [-0.1, -0.05) is 0 Å². The maximum atomic E-state index is 14.1. The lowest BCUT2D eigenvalue weighted by Gasteiger charge is -2.19. The Balaban J connectivity index is 1.88. The molecular formula is C16H16F2N4O3S. The van der Waals surface area contributed by atoms with Crippen LogP contribution in [0, 0.1) is 23.0 Å². The SMILES string of the molecule is CCn1cc([C@H]2OCC[C@@H]2NS(=O)(=O)c2c(F)cc(C#N)cc2F)cn1. The predicted molar refractivity (Wildman–Crippen MR) is 86.4 cm³/mol. The molecule has 3 rings (SSSR count). The number of benzene rings is 1. The molecule has 0 radical (unpaired) electrons. The minimum Gasteiger partial charge on any atom is -0.372 e. The monoisotopic (exact) mass is 382 g/mol. The first-order valence-electron chi connectivity index (χ1n) is 7.91. The molecule has 0 saturated carbocycles. The summed E-state index contributed by atoms with van der Waals surface area (Å²) in [6.07, 6.45) is 3.06. The molecule has 1 aliphatic rings. The van der Waals surface area contributed by atoms with E-state index >= 15 is 0 Å². The Morgan fingerprint density at radius 3 is 2.69 bits per heavy atom. The molecule has 1 aromatic heterocycles. The van der Waals surface area contributed by atoms with Crippen molar-refractivity contribution in [2.45, 2.75) is 36.9 Å². The van der Waals surface area contributed by atoms with Crippen molar-refractivity contribution in [3.63, 3.8) is 0 Å². The van der Waals surface area contributed by atoms with E-state index in [0.29, 0.717) is 37.3 Å². The Hall–Kier alpha value is -2.35. The average molecular weight is 382 g/mol. The zero-order chi connectivity index (χ0) is 18.9. The van der Waals surface area contributed by atoms with Crippen molar-refractivity contribution in [3.05, 3.63) is 47.3 Å². The molecule has 2 heterocycles. The minimum absolute atomic E-state index is 0.298. The Labute approximate surface area is 149 Å². The number of aromatic nitrogens is 2. The van der Waals surface area contributed by atoms with E-state index < -0.39 is 38.7 Å². The average Bonchev–Trinajstić information content (AvgIpc) is 3.21. The molecule has 0 spiro atoms. The second kappa shape index (κ2) is 7.11. The highest BCUT2D eigenvalue weighted by Gasteiger charge is 2.36. The maximum Gasteiger partial charge on any atom is 0.246 e. The molecule has 2 atom stereocenters. The lowest BCUT2D eigenvalue weighted by molar-refractivity contribution is 0.102. The number of hydrogen-bond donors (Lipinski definition) is 1. The van der Waals surface area contributed by atoms with Gasteiger partial charge >= 0.3 is 0 Å². The number of sulfonamides is 1. The molecule has 1 aliphatic heterocycles. The van der Waals surface area contributed by atoms with Gasteiger partial charge in [0.2, 0.25) is 10.0 Å². The number of rotatable bonds is 5. The molecule has 1 aromatic carbocycles. The van der Waals surface area contributed by atoms with E-state index in [2.05, 4.69) is 9.82 Å². The van der Waals surface area contributed by atoms with Crippen molar-refractivity contribution in [3.8, 4) is 6.07 Å². The molecular weight excluding hydrogens is 366 g/mol. The Bertz CT molecular complexity index is 945. The van der Waals surface area contributed by atoms with Crippen molar-refractivity contribution >= 4 is 10.0 Å². The second-order valence-electron chi connectivity index (χ2n) is 5.82. The summed E-state index contributed by atoms with van der Waals surface area (Å²) in [5.41, 5.74) is 0.380. The van der Waals surface area contributed by atoms with Crippen LogP contribution in [0.3, 0.4) is 0 Å². The Kier molecular flexibility index (Phi) is 5.04. The molecule has 26 heavy (non-hydrogen) atoms. The first-order chi connectivity index (χ1) is 12.4. The molecule has 2 aromatic rings. The van der Waals surface area contributed by atoms with Crippen LogP contribution in [0.5, 0.6) is 0 Å². The van der Waals surface area contributed by atoms with Gasteiger partial charge in [0, 0.05) is 24.9 Å². The van der Waals surface area contributed by atoms with E-state index in [1.807, 2.05) is 6.92 Å². The van der Waals surface area contributed by atoms with Crippen LogP contribution in [0.4, 0.5) is 8.78 Å². The van der Waals surface area contributed by atoms with Crippen LogP contribution in [-0.4, -0.2) is 30.8 Å². The van der Waals surface area contributed by atoms with E-state index in [4.69, 9.17) is 10.00 Å². The molecule has 0 unspecified atom stereocenters. The largest absolute Gasteiger partial charge is 0.372 e. The quantitative estimate of drug-likeness (QED) is 0.851. The lowest BCUT2D eigenvalue weighted by atomic mass is 10.1. The van der Waals surface area contributed by atoms with Gasteiger partial charge in [0.05, 0.1) is 23.9 Å². The van der Waals surface area contributed by atoms with E-state index in [1.54, 1.807) is 23.1 Å². The summed E-state index contributed by atoms with van der Waals surface area (Å²) in [6.45, 7) is 2.85. The predicted octanol–water partition coefficient (Wildman–Crippen LogP) is 1.86. The molecule has 10 heteroatoms. The van der Waals surface area contributed by atoms with Gasteiger partial charge in [-0.3, -0.25) is 4.68 Å². The fraction of sp³-hybridized carbons (Fsp3) is 0.375. The van der Waals surface area contributed by atoms with Crippen LogP contribution in [0.1, 0.15) is 30.6 Å². The van der Waals surface area contributed by atoms with Crippen molar-refractivity contribution in [2.75, 3.05) is 6.61 Å². The number of nitriles is 1. The summed E-state index contributed by atoms with van der Waals surface area (Å²) in [4.78, 5) is -1.11. The second-order valence-corrected chi connectivity index (χ2v) is 7.47. The summed E-state index contributed by atoms with van der Waals surface area (Å²) in [7, 11) is -4.49. The summed E-state index contributed by atoms with van der Waals surface area (Å²) in [6, 6.07) is 2.25. The summed E-state index contributed by atoms with van der Waals surface area (Å²) >= 11 is 0. The smallest absolute Gasteiger partial charge is 0.246 e. The summed E-state index contributed by atoms with van der Waals surface area (Å²) < 4.78 is 62.8. The zero-order valence-corrected chi connectivity index (χ0v) is 14.6. The first kappa shape index (κ1) is 18.4. The van der Waals surface area contributed by atoms with Gasteiger partial charge in [-0.15, -0.1) is 0 Å². The van der Waals surface area contributed by atoms with Crippen LogP contribution in [0.2, 0.25) is 0 Å².